The van der Waals surface area contributed by atoms with Crippen molar-refractivity contribution >= 4 is 41.0 Å². The van der Waals surface area contributed by atoms with Crippen LogP contribution >= 0.6 is 23.2 Å². The fraction of sp³-hybridized carbons (Fsp3) is 0.444. The third-order valence-electron chi connectivity index (χ3n) is 7.21. The smallest absolute Gasteiger partial charge is 0.270 e. The van der Waals surface area contributed by atoms with E-state index in [-0.39, 0.29) is 35.6 Å². The molecule has 2 aromatic carbocycles. The summed E-state index contributed by atoms with van der Waals surface area (Å²) < 4.78 is 0. The van der Waals surface area contributed by atoms with Crippen molar-refractivity contribution in [2.45, 2.75) is 65.5 Å². The van der Waals surface area contributed by atoms with Crippen molar-refractivity contribution in [3.8, 4) is 0 Å². The Morgan fingerprint density at radius 3 is 2.24 bits per heavy atom. The fourth-order valence-electron chi connectivity index (χ4n) is 4.98. The van der Waals surface area contributed by atoms with Gasteiger partial charge in [-0.25, -0.2) is 0 Å². The number of rotatable bonds is 7. The summed E-state index contributed by atoms with van der Waals surface area (Å²) in [5.74, 6) is 0.397. The minimum absolute atomic E-state index is 0.00636. The van der Waals surface area contributed by atoms with E-state index in [0.29, 0.717) is 33.6 Å². The van der Waals surface area contributed by atoms with Crippen LogP contribution in [0.2, 0.25) is 10.0 Å². The summed E-state index contributed by atoms with van der Waals surface area (Å²) in [5.41, 5.74) is 2.30. The number of halogens is 2. The molecule has 10 heteroatoms. The molecule has 1 aromatic heterocycles. The van der Waals surface area contributed by atoms with Crippen molar-refractivity contribution in [1.29, 1.82) is 0 Å². The highest BCUT2D eigenvalue weighted by atomic mass is 35.5. The molecule has 1 aliphatic rings. The maximum Gasteiger partial charge on any atom is 0.270 e. The van der Waals surface area contributed by atoms with Crippen LogP contribution < -0.4 is 5.32 Å². The second-order valence-electron chi connectivity index (χ2n) is 10.7. The first-order valence-electron chi connectivity index (χ1n) is 12.5. The van der Waals surface area contributed by atoms with Gasteiger partial charge in [-0.3, -0.25) is 14.9 Å². The summed E-state index contributed by atoms with van der Waals surface area (Å²) in [6.45, 7) is 7.31. The van der Waals surface area contributed by atoms with Gasteiger partial charge < -0.3 is 4.90 Å². The molecule has 37 heavy (non-hydrogen) atoms. The minimum atomic E-state index is -0.338. The average molecular weight is 543 g/mol. The van der Waals surface area contributed by atoms with E-state index in [9.17, 15) is 9.59 Å². The maximum absolute atomic E-state index is 13.7. The molecule has 1 aliphatic carbocycles. The Balaban J connectivity index is 1.51. The Bertz CT molecular complexity index is 1200. The first-order chi connectivity index (χ1) is 17.6. The van der Waals surface area contributed by atoms with Crippen LogP contribution in [0.5, 0.6) is 0 Å². The molecular weight excluding hydrogens is 511 g/mol. The highest BCUT2D eigenvalue weighted by molar-refractivity contribution is 6.36. The Hall–Kier alpha value is -2.97. The van der Waals surface area contributed by atoms with E-state index in [4.69, 9.17) is 23.2 Å². The van der Waals surface area contributed by atoms with Crippen LogP contribution in [-0.4, -0.2) is 43.4 Å². The van der Waals surface area contributed by atoms with Gasteiger partial charge >= 0.3 is 0 Å². The number of aromatic amines is 1. The zero-order chi connectivity index (χ0) is 26.6. The molecule has 8 nitrogen and oxygen atoms in total. The summed E-state index contributed by atoms with van der Waals surface area (Å²) in [5, 5.41) is 16.8. The van der Waals surface area contributed by atoms with Crippen LogP contribution in [0.15, 0.2) is 42.5 Å². The third-order valence-corrected chi connectivity index (χ3v) is 7.92. The number of hydrogen-bond acceptors (Lipinski definition) is 5. The van der Waals surface area contributed by atoms with Gasteiger partial charge in [0.2, 0.25) is 5.91 Å². The summed E-state index contributed by atoms with van der Waals surface area (Å²) in [6.07, 6.45) is 4.22. The predicted molar refractivity (Wildman–Crippen MR) is 144 cm³/mol. The molecule has 0 bridgehead atoms. The molecule has 1 heterocycles. The lowest BCUT2D eigenvalue weighted by molar-refractivity contribution is -0.134. The molecule has 2 amide bonds. The fourth-order valence-corrected chi connectivity index (χ4v) is 5.51. The predicted octanol–water partition coefficient (Wildman–Crippen LogP) is 5.94. The van der Waals surface area contributed by atoms with Gasteiger partial charge in [-0.05, 0) is 77.6 Å². The summed E-state index contributed by atoms with van der Waals surface area (Å²) in [4.78, 5) is 28.1. The van der Waals surface area contributed by atoms with E-state index < -0.39 is 0 Å². The van der Waals surface area contributed by atoms with Crippen molar-refractivity contribution in [3.63, 3.8) is 0 Å². The third kappa shape index (κ3) is 6.87. The quantitative estimate of drug-likeness (QED) is 0.384. The molecule has 1 fully saturated rings. The molecule has 0 radical (unpaired) electrons. The molecular formula is C27H32Cl2N6O2. The highest BCUT2D eigenvalue weighted by Crippen LogP contribution is 2.39. The Labute approximate surface area is 227 Å². The summed E-state index contributed by atoms with van der Waals surface area (Å²) in [7, 11) is 0. The Morgan fingerprint density at radius 1 is 1.03 bits per heavy atom. The number of carbonyl (C=O) groups is 2. The van der Waals surface area contributed by atoms with Gasteiger partial charge in [0.15, 0.2) is 0 Å². The van der Waals surface area contributed by atoms with E-state index in [1.807, 2.05) is 17.0 Å². The van der Waals surface area contributed by atoms with Crippen LogP contribution in [0.3, 0.4) is 0 Å². The minimum Gasteiger partial charge on any atom is -0.335 e. The van der Waals surface area contributed by atoms with Gasteiger partial charge in [-0.2, -0.15) is 5.21 Å². The number of anilines is 1. The average Bonchev–Trinajstić information content (AvgIpc) is 3.38. The Kier molecular flexibility index (Phi) is 8.49. The van der Waals surface area contributed by atoms with Crippen LogP contribution in [0.25, 0.3) is 0 Å². The van der Waals surface area contributed by atoms with Crippen LogP contribution in [0.4, 0.5) is 5.95 Å². The Morgan fingerprint density at radius 2 is 1.68 bits per heavy atom. The van der Waals surface area contributed by atoms with E-state index in [0.717, 1.165) is 31.2 Å². The SMILES string of the molecule is CC(C)(C)C1CCC(N(Cc2ccc(C(=O)Nc3nn[nH]n3)cc2)C(=O)Cc2c(Cl)cccc2Cl)CC1. The topological polar surface area (TPSA) is 104 Å². The van der Waals surface area contributed by atoms with Crippen LogP contribution in [0, 0.1) is 11.3 Å². The van der Waals surface area contributed by atoms with E-state index >= 15 is 0 Å². The van der Waals surface area contributed by atoms with Crippen molar-refractivity contribution in [3.05, 3.63) is 69.2 Å². The number of carbonyl (C=O) groups excluding carboxylic acids is 2. The molecule has 0 aliphatic heterocycles. The molecule has 2 N–H and O–H groups in total. The number of amides is 2. The van der Waals surface area contributed by atoms with Gasteiger partial charge in [0, 0.05) is 28.2 Å². The number of benzene rings is 2. The normalized spacial score (nSPS) is 17.9. The maximum atomic E-state index is 13.7. The lowest BCUT2D eigenvalue weighted by Gasteiger charge is -2.41. The second kappa shape index (κ2) is 11.6. The van der Waals surface area contributed by atoms with Crippen molar-refractivity contribution in [1.82, 2.24) is 25.5 Å². The number of aromatic nitrogens is 4. The highest BCUT2D eigenvalue weighted by Gasteiger charge is 2.34. The first-order valence-corrected chi connectivity index (χ1v) is 13.2. The van der Waals surface area contributed by atoms with Crippen molar-refractivity contribution < 1.29 is 9.59 Å². The largest absolute Gasteiger partial charge is 0.335 e. The number of nitrogens with one attached hydrogen (secondary N) is 2. The van der Waals surface area contributed by atoms with Gasteiger partial charge in [-0.1, -0.05) is 67.3 Å². The van der Waals surface area contributed by atoms with Gasteiger partial charge in [0.05, 0.1) is 6.42 Å². The number of H-pyrrole nitrogens is 1. The molecule has 0 atom stereocenters. The lowest BCUT2D eigenvalue weighted by atomic mass is 9.71. The van der Waals surface area contributed by atoms with Gasteiger partial charge in [0.25, 0.3) is 11.9 Å². The monoisotopic (exact) mass is 542 g/mol. The van der Waals surface area contributed by atoms with Gasteiger partial charge in [0.1, 0.15) is 0 Å². The molecule has 0 saturated heterocycles. The summed E-state index contributed by atoms with van der Waals surface area (Å²) >= 11 is 12.8. The zero-order valence-corrected chi connectivity index (χ0v) is 22.8. The number of hydrogen-bond donors (Lipinski definition) is 2. The van der Waals surface area contributed by atoms with Crippen molar-refractivity contribution in [2.75, 3.05) is 5.32 Å². The van der Waals surface area contributed by atoms with E-state index in [2.05, 4.69) is 46.7 Å². The standard InChI is InChI=1S/C27H32Cl2N6O2/c1-27(2,3)19-11-13-20(14-12-19)35(24(36)15-21-22(28)5-4-6-23(21)29)16-17-7-9-18(10-8-17)25(37)30-26-31-33-34-32-26/h4-10,19-20H,11-16H2,1-3H3,(H2,30,31,32,33,34,37). The lowest BCUT2D eigenvalue weighted by Crippen LogP contribution is -2.43. The van der Waals surface area contributed by atoms with Crippen LogP contribution in [0.1, 0.15) is 67.9 Å². The van der Waals surface area contributed by atoms with Crippen molar-refractivity contribution in [2.24, 2.45) is 11.3 Å². The molecule has 0 spiro atoms. The molecule has 4 rings (SSSR count). The van der Waals surface area contributed by atoms with Crippen LogP contribution in [-0.2, 0) is 17.8 Å². The molecule has 3 aromatic rings. The second-order valence-corrected chi connectivity index (χ2v) is 11.5. The molecule has 1 saturated carbocycles. The van der Waals surface area contributed by atoms with E-state index in [1.54, 1.807) is 30.3 Å². The molecule has 196 valence electrons. The number of nitrogens with zero attached hydrogens (tertiary/aromatic N) is 4. The number of tetrazole rings is 1. The first kappa shape index (κ1) is 27.1. The van der Waals surface area contributed by atoms with Gasteiger partial charge in [-0.15, -0.1) is 5.10 Å². The molecule has 0 unspecified atom stereocenters. The zero-order valence-electron chi connectivity index (χ0n) is 21.3. The summed E-state index contributed by atoms with van der Waals surface area (Å²) in [6, 6.07) is 12.6. The van der Waals surface area contributed by atoms with E-state index in [1.165, 1.54) is 0 Å².